The highest BCUT2D eigenvalue weighted by molar-refractivity contribution is 7.22. The van der Waals surface area contributed by atoms with Crippen molar-refractivity contribution in [2.45, 2.75) is 38.5 Å². The number of aromatic nitrogens is 1. The van der Waals surface area contributed by atoms with Crippen LogP contribution < -0.4 is 15.5 Å². The monoisotopic (exact) mass is 416 g/mol. The highest BCUT2D eigenvalue weighted by Crippen LogP contribution is 2.31. The summed E-state index contributed by atoms with van der Waals surface area (Å²) in [5.74, 6) is 0.237. The third-order valence-corrected chi connectivity index (χ3v) is 6.67. The summed E-state index contributed by atoms with van der Waals surface area (Å²) in [4.78, 5) is 31.2. The summed E-state index contributed by atoms with van der Waals surface area (Å²) in [6, 6.07) is 5.72. The van der Waals surface area contributed by atoms with Crippen LogP contribution in [-0.2, 0) is 14.3 Å². The Morgan fingerprint density at radius 1 is 1.14 bits per heavy atom. The van der Waals surface area contributed by atoms with Crippen molar-refractivity contribution < 1.29 is 14.3 Å². The summed E-state index contributed by atoms with van der Waals surface area (Å²) in [5, 5.41) is 6.62. The van der Waals surface area contributed by atoms with Crippen LogP contribution in [0.25, 0.3) is 10.2 Å². The SMILES string of the molecule is O=C(CC1CCCCC1)NCC(=O)Nc1ccc2nc(N3CCOCC3)sc2c1. The zero-order valence-electron chi connectivity index (χ0n) is 16.6. The second-order valence-electron chi connectivity index (χ2n) is 7.81. The van der Waals surface area contributed by atoms with Gasteiger partial charge in [0.05, 0.1) is 30.0 Å². The molecule has 2 fully saturated rings. The first-order chi connectivity index (χ1) is 14.2. The summed E-state index contributed by atoms with van der Waals surface area (Å²) in [6.07, 6.45) is 6.49. The quantitative estimate of drug-likeness (QED) is 0.756. The maximum absolute atomic E-state index is 12.2. The molecule has 1 saturated carbocycles. The highest BCUT2D eigenvalue weighted by Gasteiger charge is 2.18. The van der Waals surface area contributed by atoms with Crippen LogP contribution in [0, 0.1) is 5.92 Å². The van der Waals surface area contributed by atoms with Gasteiger partial charge in [-0.2, -0.15) is 0 Å². The molecule has 0 spiro atoms. The van der Waals surface area contributed by atoms with E-state index in [-0.39, 0.29) is 18.4 Å². The zero-order valence-corrected chi connectivity index (χ0v) is 17.4. The van der Waals surface area contributed by atoms with E-state index in [4.69, 9.17) is 9.72 Å². The van der Waals surface area contributed by atoms with E-state index in [9.17, 15) is 9.59 Å². The number of hydrogen-bond donors (Lipinski definition) is 2. The number of nitrogens with one attached hydrogen (secondary N) is 2. The number of rotatable bonds is 6. The Morgan fingerprint density at radius 3 is 2.72 bits per heavy atom. The minimum absolute atomic E-state index is 0.00527. The van der Waals surface area contributed by atoms with Gasteiger partial charge in [-0.25, -0.2) is 4.98 Å². The molecule has 2 N–H and O–H groups in total. The van der Waals surface area contributed by atoms with Crippen molar-refractivity contribution in [1.29, 1.82) is 0 Å². The van der Waals surface area contributed by atoms with Crippen LogP contribution in [0.1, 0.15) is 38.5 Å². The number of anilines is 2. The number of fused-ring (bicyclic) bond motifs is 1. The molecule has 2 heterocycles. The summed E-state index contributed by atoms with van der Waals surface area (Å²) in [6.45, 7) is 3.16. The topological polar surface area (TPSA) is 83.6 Å². The second-order valence-corrected chi connectivity index (χ2v) is 8.82. The van der Waals surface area contributed by atoms with Gasteiger partial charge in [-0.15, -0.1) is 0 Å². The lowest BCUT2D eigenvalue weighted by molar-refractivity contribution is -0.125. The Balaban J connectivity index is 1.28. The molecule has 8 heteroatoms. The molecule has 1 aromatic carbocycles. The van der Waals surface area contributed by atoms with Gasteiger partial charge in [-0.3, -0.25) is 9.59 Å². The lowest BCUT2D eigenvalue weighted by atomic mass is 9.87. The van der Waals surface area contributed by atoms with Crippen molar-refractivity contribution in [1.82, 2.24) is 10.3 Å². The van der Waals surface area contributed by atoms with Gasteiger partial charge < -0.3 is 20.3 Å². The third kappa shape index (κ3) is 5.45. The standard InChI is InChI=1S/C21H28N4O3S/c26-19(12-15-4-2-1-3-5-15)22-14-20(27)23-16-6-7-17-18(13-16)29-21(24-17)25-8-10-28-11-9-25/h6-7,13,15H,1-5,8-12,14H2,(H,22,26)(H,23,27). The number of amides is 2. The summed E-state index contributed by atoms with van der Waals surface area (Å²) in [5.41, 5.74) is 1.65. The van der Waals surface area contributed by atoms with Crippen molar-refractivity contribution in [3.8, 4) is 0 Å². The first kappa shape index (κ1) is 20.1. The van der Waals surface area contributed by atoms with E-state index in [1.54, 1.807) is 11.3 Å². The van der Waals surface area contributed by atoms with Gasteiger partial charge in [0, 0.05) is 25.2 Å². The smallest absolute Gasteiger partial charge is 0.243 e. The lowest BCUT2D eigenvalue weighted by Crippen LogP contribution is -2.36. The molecule has 1 aromatic heterocycles. The van der Waals surface area contributed by atoms with Crippen molar-refractivity contribution in [3.05, 3.63) is 18.2 Å². The van der Waals surface area contributed by atoms with E-state index in [1.807, 2.05) is 18.2 Å². The number of morpholine rings is 1. The Bertz CT molecular complexity index is 857. The van der Waals surface area contributed by atoms with Gasteiger partial charge in [0.2, 0.25) is 11.8 Å². The number of benzene rings is 1. The molecular weight excluding hydrogens is 388 g/mol. The molecule has 7 nitrogen and oxygen atoms in total. The fourth-order valence-electron chi connectivity index (χ4n) is 3.99. The number of hydrogen-bond acceptors (Lipinski definition) is 6. The molecule has 1 aliphatic carbocycles. The molecule has 156 valence electrons. The van der Waals surface area contributed by atoms with Gasteiger partial charge in [-0.1, -0.05) is 30.6 Å². The molecule has 0 radical (unpaired) electrons. The van der Waals surface area contributed by atoms with E-state index in [0.29, 0.717) is 12.3 Å². The Labute approximate surface area is 174 Å². The van der Waals surface area contributed by atoms with Crippen molar-refractivity contribution >= 4 is 44.2 Å². The van der Waals surface area contributed by atoms with E-state index >= 15 is 0 Å². The second kappa shape index (κ2) is 9.54. The lowest BCUT2D eigenvalue weighted by Gasteiger charge is -2.25. The molecule has 2 aromatic rings. The van der Waals surface area contributed by atoms with Gasteiger partial charge in [-0.05, 0) is 37.0 Å². The van der Waals surface area contributed by atoms with Crippen molar-refractivity contribution in [2.75, 3.05) is 43.1 Å². The normalized spacial score (nSPS) is 18.0. The molecule has 2 amide bonds. The van der Waals surface area contributed by atoms with Crippen LogP contribution in [0.15, 0.2) is 18.2 Å². The molecule has 1 aliphatic heterocycles. The molecule has 4 rings (SSSR count). The molecular formula is C21H28N4O3S. The van der Waals surface area contributed by atoms with E-state index in [1.165, 1.54) is 19.3 Å². The number of carbonyl (C=O) groups is 2. The minimum atomic E-state index is -0.209. The van der Waals surface area contributed by atoms with Crippen LogP contribution in [0.3, 0.4) is 0 Å². The van der Waals surface area contributed by atoms with E-state index in [0.717, 1.165) is 60.2 Å². The van der Waals surface area contributed by atoms with Gasteiger partial charge in [0.1, 0.15) is 0 Å². The minimum Gasteiger partial charge on any atom is -0.378 e. The predicted molar refractivity (Wildman–Crippen MR) is 115 cm³/mol. The van der Waals surface area contributed by atoms with Gasteiger partial charge >= 0.3 is 0 Å². The Morgan fingerprint density at radius 2 is 1.93 bits per heavy atom. The van der Waals surface area contributed by atoms with Crippen molar-refractivity contribution in [3.63, 3.8) is 0 Å². The maximum Gasteiger partial charge on any atom is 0.243 e. The van der Waals surface area contributed by atoms with Gasteiger partial charge in [0.15, 0.2) is 5.13 Å². The molecule has 29 heavy (non-hydrogen) atoms. The first-order valence-electron chi connectivity index (χ1n) is 10.5. The fourth-order valence-corrected chi connectivity index (χ4v) is 5.05. The maximum atomic E-state index is 12.2. The molecule has 0 bridgehead atoms. The highest BCUT2D eigenvalue weighted by atomic mass is 32.1. The summed E-state index contributed by atoms with van der Waals surface area (Å²) in [7, 11) is 0. The summed E-state index contributed by atoms with van der Waals surface area (Å²) >= 11 is 1.62. The van der Waals surface area contributed by atoms with Crippen LogP contribution in [-0.4, -0.2) is 49.6 Å². The molecule has 0 atom stereocenters. The van der Waals surface area contributed by atoms with Crippen molar-refractivity contribution in [2.24, 2.45) is 5.92 Å². The fraction of sp³-hybridized carbons (Fsp3) is 0.571. The number of nitrogens with zero attached hydrogens (tertiary/aromatic N) is 2. The molecule has 0 unspecified atom stereocenters. The molecule has 1 saturated heterocycles. The van der Waals surface area contributed by atoms with E-state index < -0.39 is 0 Å². The summed E-state index contributed by atoms with van der Waals surface area (Å²) < 4.78 is 6.43. The van der Waals surface area contributed by atoms with Crippen LogP contribution >= 0.6 is 11.3 Å². The Hall–Kier alpha value is -2.19. The van der Waals surface area contributed by atoms with E-state index in [2.05, 4.69) is 15.5 Å². The largest absolute Gasteiger partial charge is 0.378 e. The number of carbonyl (C=O) groups excluding carboxylic acids is 2. The van der Waals surface area contributed by atoms with Gasteiger partial charge in [0.25, 0.3) is 0 Å². The average Bonchev–Trinajstić information content (AvgIpc) is 3.17. The Kier molecular flexibility index (Phi) is 6.61. The molecule has 2 aliphatic rings. The number of thiazole rings is 1. The zero-order chi connectivity index (χ0) is 20.1. The third-order valence-electron chi connectivity index (χ3n) is 5.59. The van der Waals surface area contributed by atoms with Crippen LogP contribution in [0.5, 0.6) is 0 Å². The first-order valence-corrected chi connectivity index (χ1v) is 11.3. The predicted octanol–water partition coefficient (Wildman–Crippen LogP) is 3.16. The van der Waals surface area contributed by atoms with Crippen LogP contribution in [0.4, 0.5) is 10.8 Å². The number of ether oxygens (including phenoxy) is 1. The average molecular weight is 417 g/mol. The van der Waals surface area contributed by atoms with Crippen LogP contribution in [0.2, 0.25) is 0 Å².